The van der Waals surface area contributed by atoms with Crippen molar-refractivity contribution in [2.45, 2.75) is 19.1 Å². The lowest BCUT2D eigenvalue weighted by Crippen LogP contribution is -2.47. The maximum atomic E-state index is 12.1. The van der Waals surface area contributed by atoms with Crippen molar-refractivity contribution in [2.75, 3.05) is 6.54 Å². The molecule has 8 nitrogen and oxygen atoms in total. The van der Waals surface area contributed by atoms with E-state index in [1.165, 1.54) is 0 Å². The number of carbonyl (C=O) groups excluding carboxylic acids is 1. The van der Waals surface area contributed by atoms with Crippen LogP contribution in [0.3, 0.4) is 0 Å². The van der Waals surface area contributed by atoms with Crippen LogP contribution in [0.5, 0.6) is 0 Å². The zero-order valence-corrected chi connectivity index (χ0v) is 14.4. The van der Waals surface area contributed by atoms with Gasteiger partial charge in [0.2, 0.25) is 5.91 Å². The zero-order chi connectivity index (χ0) is 19.6. The van der Waals surface area contributed by atoms with Crippen molar-refractivity contribution in [3.05, 3.63) is 71.8 Å². The average molecular weight is 372 g/mol. The second-order valence-corrected chi connectivity index (χ2v) is 5.73. The third-order valence-corrected chi connectivity index (χ3v) is 3.65. The first-order valence-corrected chi connectivity index (χ1v) is 8.19. The second-order valence-electron chi connectivity index (χ2n) is 5.73. The molecule has 0 fully saturated rings. The fraction of sp³-hybridized carbons (Fsp3) is 0.211. The van der Waals surface area contributed by atoms with Gasteiger partial charge < -0.3 is 15.5 Å². The van der Waals surface area contributed by atoms with Crippen molar-refractivity contribution in [3.63, 3.8) is 0 Å². The van der Waals surface area contributed by atoms with Crippen molar-refractivity contribution < 1.29 is 29.4 Å². The van der Waals surface area contributed by atoms with Gasteiger partial charge in [0.1, 0.15) is 19.2 Å². The number of rotatable bonds is 9. The van der Waals surface area contributed by atoms with Crippen molar-refractivity contribution in [1.82, 2.24) is 10.4 Å². The quantitative estimate of drug-likeness (QED) is 0.579. The molecule has 0 aromatic heterocycles. The molecular weight excluding hydrogens is 352 g/mol. The molecule has 0 spiro atoms. The molecule has 0 aliphatic rings. The van der Waals surface area contributed by atoms with Crippen molar-refractivity contribution in [3.8, 4) is 0 Å². The Hall–Kier alpha value is -3.39. The van der Waals surface area contributed by atoms with Gasteiger partial charge in [-0.1, -0.05) is 60.7 Å². The molecule has 3 N–H and O–H groups in total. The molecule has 2 rings (SSSR count). The van der Waals surface area contributed by atoms with Gasteiger partial charge in [0.05, 0.1) is 0 Å². The molecule has 2 amide bonds. The maximum absolute atomic E-state index is 12.1. The van der Waals surface area contributed by atoms with E-state index in [1.807, 2.05) is 6.07 Å². The Morgan fingerprint density at radius 2 is 1.48 bits per heavy atom. The van der Waals surface area contributed by atoms with E-state index in [0.717, 1.165) is 11.1 Å². The SMILES string of the molecule is O=C(CN(OCc1ccccc1)C(=O)O)N[C@@H](Cc1ccccc1)C(=O)O. The van der Waals surface area contributed by atoms with E-state index in [2.05, 4.69) is 5.32 Å². The molecule has 142 valence electrons. The van der Waals surface area contributed by atoms with Gasteiger partial charge in [-0.3, -0.25) is 9.63 Å². The Labute approximate surface area is 155 Å². The number of nitrogens with zero attached hydrogens (tertiary/aromatic N) is 1. The number of amides is 2. The van der Waals surface area contributed by atoms with E-state index in [9.17, 15) is 24.6 Å². The Balaban J connectivity index is 1.92. The van der Waals surface area contributed by atoms with Crippen LogP contribution in [-0.2, 0) is 27.5 Å². The van der Waals surface area contributed by atoms with Crippen LogP contribution in [0.25, 0.3) is 0 Å². The van der Waals surface area contributed by atoms with E-state index in [4.69, 9.17) is 4.84 Å². The second kappa shape index (κ2) is 9.93. The molecular formula is C19H20N2O6. The fourth-order valence-corrected chi connectivity index (χ4v) is 2.32. The van der Waals surface area contributed by atoms with Gasteiger partial charge in [0, 0.05) is 6.42 Å². The number of carbonyl (C=O) groups is 3. The van der Waals surface area contributed by atoms with Gasteiger partial charge in [-0.15, -0.1) is 0 Å². The third kappa shape index (κ3) is 6.79. The topological polar surface area (TPSA) is 116 Å². The van der Waals surface area contributed by atoms with Crippen molar-refractivity contribution in [1.29, 1.82) is 0 Å². The summed E-state index contributed by atoms with van der Waals surface area (Å²) in [4.78, 5) is 39.9. The van der Waals surface area contributed by atoms with Crippen LogP contribution >= 0.6 is 0 Å². The number of hydroxylamine groups is 2. The van der Waals surface area contributed by atoms with E-state index in [1.54, 1.807) is 54.6 Å². The van der Waals surface area contributed by atoms with Crippen molar-refractivity contribution in [2.24, 2.45) is 0 Å². The van der Waals surface area contributed by atoms with Crippen molar-refractivity contribution >= 4 is 18.0 Å². The normalized spacial score (nSPS) is 11.4. The Morgan fingerprint density at radius 3 is 2.00 bits per heavy atom. The summed E-state index contributed by atoms with van der Waals surface area (Å²) in [5.41, 5.74) is 1.47. The van der Waals surface area contributed by atoms with Crippen LogP contribution in [0.1, 0.15) is 11.1 Å². The Morgan fingerprint density at radius 1 is 0.926 bits per heavy atom. The summed E-state index contributed by atoms with van der Waals surface area (Å²) in [6, 6.07) is 16.5. The molecule has 0 aliphatic carbocycles. The number of hydrogen-bond acceptors (Lipinski definition) is 4. The number of carboxylic acid groups (broad SMARTS) is 2. The standard InChI is InChI=1S/C19H20N2O6/c22-17(20-16(18(23)24)11-14-7-3-1-4-8-14)12-21(19(25)26)27-13-15-9-5-2-6-10-15/h1-10,16H,11-13H2,(H,20,22)(H,23,24)(H,25,26)/t16-/m0/s1. The number of hydrogen-bond donors (Lipinski definition) is 3. The Bertz CT molecular complexity index is 766. The van der Waals surface area contributed by atoms with Crippen LogP contribution in [0, 0.1) is 0 Å². The van der Waals surface area contributed by atoms with Gasteiger partial charge in [-0.2, -0.15) is 5.06 Å². The monoisotopic (exact) mass is 372 g/mol. The van der Waals surface area contributed by atoms with Gasteiger partial charge in [-0.05, 0) is 11.1 Å². The molecule has 2 aromatic carbocycles. The third-order valence-electron chi connectivity index (χ3n) is 3.65. The lowest BCUT2D eigenvalue weighted by atomic mass is 10.1. The minimum atomic E-state index is -1.45. The van der Waals surface area contributed by atoms with Crippen LogP contribution in [-0.4, -0.2) is 45.8 Å². The number of benzene rings is 2. The number of nitrogens with one attached hydrogen (secondary N) is 1. The lowest BCUT2D eigenvalue weighted by molar-refractivity contribution is -0.157. The summed E-state index contributed by atoms with van der Waals surface area (Å²) < 4.78 is 0. The molecule has 0 heterocycles. The largest absolute Gasteiger partial charge is 0.480 e. The molecule has 0 radical (unpaired) electrons. The summed E-state index contributed by atoms with van der Waals surface area (Å²) in [7, 11) is 0. The zero-order valence-electron chi connectivity index (χ0n) is 14.4. The molecule has 8 heteroatoms. The molecule has 0 saturated carbocycles. The molecule has 2 aromatic rings. The van der Waals surface area contributed by atoms with Gasteiger partial charge in [0.25, 0.3) is 0 Å². The Kier molecular flexibility index (Phi) is 7.33. The van der Waals surface area contributed by atoms with Crippen LogP contribution in [0.2, 0.25) is 0 Å². The minimum absolute atomic E-state index is 0.0349. The fourth-order valence-electron chi connectivity index (χ4n) is 2.32. The molecule has 0 unspecified atom stereocenters. The van der Waals surface area contributed by atoms with Crippen LogP contribution in [0.15, 0.2) is 60.7 Å². The summed E-state index contributed by atoms with van der Waals surface area (Å²) in [6.45, 7) is -0.673. The molecule has 0 aliphatic heterocycles. The predicted octanol–water partition coefficient (Wildman–Crippen LogP) is 1.91. The summed E-state index contributed by atoms with van der Waals surface area (Å²) in [5.74, 6) is -1.98. The average Bonchev–Trinajstić information content (AvgIpc) is 2.66. The molecule has 1 atom stereocenters. The molecule has 0 bridgehead atoms. The lowest BCUT2D eigenvalue weighted by Gasteiger charge is -2.20. The first kappa shape index (κ1) is 19.9. The number of aliphatic carboxylic acids is 1. The van der Waals surface area contributed by atoms with Crippen LogP contribution < -0.4 is 5.32 Å². The maximum Gasteiger partial charge on any atom is 0.431 e. The van der Waals surface area contributed by atoms with Gasteiger partial charge in [0.15, 0.2) is 0 Å². The van der Waals surface area contributed by atoms with E-state index < -0.39 is 30.6 Å². The first-order valence-electron chi connectivity index (χ1n) is 8.19. The van der Waals surface area contributed by atoms with Gasteiger partial charge in [-0.25, -0.2) is 9.59 Å². The van der Waals surface area contributed by atoms with Crippen LogP contribution in [0.4, 0.5) is 4.79 Å². The summed E-state index contributed by atoms with van der Waals surface area (Å²) in [5, 5.41) is 21.3. The summed E-state index contributed by atoms with van der Waals surface area (Å²) in [6.07, 6.45) is -1.36. The van der Waals surface area contributed by atoms with Gasteiger partial charge >= 0.3 is 12.1 Å². The first-order chi connectivity index (χ1) is 13.0. The summed E-state index contributed by atoms with van der Waals surface area (Å²) >= 11 is 0. The highest BCUT2D eigenvalue weighted by Crippen LogP contribution is 2.05. The predicted molar refractivity (Wildman–Crippen MR) is 95.7 cm³/mol. The molecule has 0 saturated heterocycles. The smallest absolute Gasteiger partial charge is 0.431 e. The van der Waals surface area contributed by atoms with E-state index >= 15 is 0 Å². The van der Waals surface area contributed by atoms with E-state index in [-0.39, 0.29) is 13.0 Å². The highest BCUT2D eigenvalue weighted by molar-refractivity contribution is 5.86. The van der Waals surface area contributed by atoms with E-state index in [0.29, 0.717) is 5.06 Å². The molecule has 27 heavy (non-hydrogen) atoms. The number of carboxylic acids is 1. The highest BCUT2D eigenvalue weighted by atomic mass is 16.7. The minimum Gasteiger partial charge on any atom is -0.480 e. The highest BCUT2D eigenvalue weighted by Gasteiger charge is 2.23.